The highest BCUT2D eigenvalue weighted by atomic mass is 16.3. The smallest absolute Gasteiger partial charge is 0.135 e. The summed E-state index contributed by atoms with van der Waals surface area (Å²) in [5.74, 6) is 0. The summed E-state index contributed by atoms with van der Waals surface area (Å²) in [4.78, 5) is 4.94. The fraction of sp³-hybridized carbons (Fsp3) is 0.167. The van der Waals surface area contributed by atoms with Gasteiger partial charge in [-0.05, 0) is 170 Å². The number of rotatable bonds is 7. The number of fused-ring (bicyclic) bond motifs is 13. The summed E-state index contributed by atoms with van der Waals surface area (Å²) in [5, 5.41) is 4.47. The molecule has 0 radical (unpaired) electrons. The fourth-order valence-electron chi connectivity index (χ4n) is 14.3. The lowest BCUT2D eigenvalue weighted by atomic mass is 9.75. The lowest BCUT2D eigenvalue weighted by Crippen LogP contribution is -2.24. The van der Waals surface area contributed by atoms with Crippen molar-refractivity contribution < 1.29 is 8.83 Å². The van der Waals surface area contributed by atoms with E-state index in [1.165, 1.54) is 61.2 Å². The van der Waals surface area contributed by atoms with E-state index >= 15 is 0 Å². The summed E-state index contributed by atoms with van der Waals surface area (Å²) in [5.41, 5.74) is 24.3. The number of anilines is 6. The zero-order chi connectivity index (χ0) is 51.5. The number of furan rings is 2. The summed E-state index contributed by atoms with van der Waals surface area (Å²) in [6.07, 6.45) is 0.957. The van der Waals surface area contributed by atoms with Gasteiger partial charge in [0.15, 0.2) is 0 Å². The van der Waals surface area contributed by atoms with Gasteiger partial charge in [-0.2, -0.15) is 0 Å². The third-order valence-corrected chi connectivity index (χ3v) is 18.0. The van der Waals surface area contributed by atoms with Crippen LogP contribution in [0.25, 0.3) is 66.1 Å². The van der Waals surface area contributed by atoms with Crippen molar-refractivity contribution >= 4 is 78.0 Å². The Bertz CT molecular complexity index is 4410. The molecule has 0 fully saturated rings. The van der Waals surface area contributed by atoms with Crippen molar-refractivity contribution in [2.24, 2.45) is 0 Å². The molecule has 0 spiro atoms. The third kappa shape index (κ3) is 6.37. The Balaban J connectivity index is 0.872. The van der Waals surface area contributed by atoms with Gasteiger partial charge in [0, 0.05) is 71.9 Å². The van der Waals surface area contributed by atoms with E-state index in [2.05, 4.69) is 258 Å². The molecule has 368 valence electrons. The van der Waals surface area contributed by atoms with E-state index in [1.54, 1.807) is 0 Å². The highest BCUT2D eigenvalue weighted by molar-refractivity contribution is 6.08. The number of benzene rings is 10. The molecule has 0 saturated heterocycles. The van der Waals surface area contributed by atoms with Crippen LogP contribution in [-0.2, 0) is 21.7 Å². The zero-order valence-electron chi connectivity index (χ0n) is 44.1. The maximum absolute atomic E-state index is 6.39. The Morgan fingerprint density at radius 3 is 1.25 bits per heavy atom. The molecule has 2 aromatic heterocycles. The normalized spacial score (nSPS) is 17.2. The molecule has 0 aliphatic heterocycles. The first-order valence-electron chi connectivity index (χ1n) is 26.9. The SMILES string of the molecule is CC1(C)CC(C)(c2cccc(N(c3ccc4c(c3)C(C)(C)c3ccccc3-4)c3ccc4oc5ccccc5c4c3)c2)c2ccc(N(c3ccc4c(c3)C(C)(C)c3ccccc3-4)c3ccc4oc5ccccc5c4c3)cc21. The zero-order valence-corrected chi connectivity index (χ0v) is 44.1. The van der Waals surface area contributed by atoms with Gasteiger partial charge < -0.3 is 18.6 Å². The van der Waals surface area contributed by atoms with Crippen molar-refractivity contribution in [3.63, 3.8) is 0 Å². The molecule has 0 bridgehead atoms. The molecule has 3 aliphatic carbocycles. The molecule has 2 heterocycles. The minimum absolute atomic E-state index is 0.137. The van der Waals surface area contributed by atoms with E-state index in [0.717, 1.165) is 84.4 Å². The molecule has 0 saturated carbocycles. The first kappa shape index (κ1) is 44.8. The molecule has 4 heteroatoms. The van der Waals surface area contributed by atoms with Crippen LogP contribution in [0.2, 0.25) is 0 Å². The minimum atomic E-state index is -0.284. The second-order valence-corrected chi connectivity index (χ2v) is 23.7. The van der Waals surface area contributed by atoms with E-state index in [-0.39, 0.29) is 21.7 Å². The average molecular weight is 983 g/mol. The summed E-state index contributed by atoms with van der Waals surface area (Å²) < 4.78 is 12.8. The molecule has 1 unspecified atom stereocenters. The van der Waals surface area contributed by atoms with Gasteiger partial charge in [0.05, 0.1) is 0 Å². The predicted octanol–water partition coefficient (Wildman–Crippen LogP) is 20.0. The van der Waals surface area contributed by atoms with Gasteiger partial charge in [-0.15, -0.1) is 0 Å². The van der Waals surface area contributed by atoms with Crippen molar-refractivity contribution in [3.05, 3.63) is 251 Å². The predicted molar refractivity (Wildman–Crippen MR) is 316 cm³/mol. The number of nitrogens with zero attached hydrogens (tertiary/aromatic N) is 2. The van der Waals surface area contributed by atoms with Crippen LogP contribution in [0.4, 0.5) is 34.1 Å². The first-order chi connectivity index (χ1) is 36.8. The fourth-order valence-corrected chi connectivity index (χ4v) is 14.3. The molecule has 3 aliphatic rings. The van der Waals surface area contributed by atoms with Gasteiger partial charge in [0.1, 0.15) is 22.3 Å². The van der Waals surface area contributed by atoms with Crippen LogP contribution >= 0.6 is 0 Å². The van der Waals surface area contributed by atoms with E-state index in [0.29, 0.717) is 0 Å². The van der Waals surface area contributed by atoms with Crippen molar-refractivity contribution in [3.8, 4) is 22.3 Å². The van der Waals surface area contributed by atoms with Gasteiger partial charge in [-0.3, -0.25) is 0 Å². The van der Waals surface area contributed by atoms with Crippen LogP contribution in [0.1, 0.15) is 93.8 Å². The Morgan fingerprint density at radius 1 is 0.303 bits per heavy atom. The van der Waals surface area contributed by atoms with Gasteiger partial charge in [-0.1, -0.05) is 164 Å². The Morgan fingerprint density at radius 2 is 0.711 bits per heavy atom. The third-order valence-electron chi connectivity index (χ3n) is 18.0. The first-order valence-corrected chi connectivity index (χ1v) is 26.9. The molecule has 0 amide bonds. The average Bonchev–Trinajstić information content (AvgIpc) is 4.30. The largest absolute Gasteiger partial charge is 0.456 e. The molecule has 1 atom stereocenters. The quantitative estimate of drug-likeness (QED) is 0.159. The van der Waals surface area contributed by atoms with Gasteiger partial charge in [0.2, 0.25) is 0 Å². The Hall–Kier alpha value is -8.60. The molecule has 10 aromatic carbocycles. The number of hydrogen-bond donors (Lipinski definition) is 0. The van der Waals surface area contributed by atoms with E-state index in [1.807, 2.05) is 12.1 Å². The highest BCUT2D eigenvalue weighted by Gasteiger charge is 2.47. The van der Waals surface area contributed by atoms with Crippen LogP contribution in [0.3, 0.4) is 0 Å². The lowest BCUT2D eigenvalue weighted by molar-refractivity contribution is 0.425. The molecule has 0 N–H and O–H groups in total. The Labute approximate surface area is 444 Å². The second-order valence-electron chi connectivity index (χ2n) is 23.7. The molecule has 12 aromatic rings. The summed E-state index contributed by atoms with van der Waals surface area (Å²) in [6.45, 7) is 16.8. The Kier molecular flexibility index (Phi) is 9.28. The van der Waals surface area contributed by atoms with Gasteiger partial charge in [0.25, 0.3) is 0 Å². The van der Waals surface area contributed by atoms with Crippen LogP contribution in [-0.4, -0.2) is 0 Å². The van der Waals surface area contributed by atoms with E-state index < -0.39 is 0 Å². The van der Waals surface area contributed by atoms with Crippen LogP contribution in [0.15, 0.2) is 221 Å². The summed E-state index contributed by atoms with van der Waals surface area (Å²) in [7, 11) is 0. The van der Waals surface area contributed by atoms with Crippen molar-refractivity contribution in [1.82, 2.24) is 0 Å². The maximum Gasteiger partial charge on any atom is 0.135 e. The van der Waals surface area contributed by atoms with Crippen LogP contribution in [0.5, 0.6) is 0 Å². The van der Waals surface area contributed by atoms with Crippen molar-refractivity contribution in [2.45, 2.75) is 76.5 Å². The number of para-hydroxylation sites is 2. The van der Waals surface area contributed by atoms with E-state index in [9.17, 15) is 0 Å². The highest BCUT2D eigenvalue weighted by Crippen LogP contribution is 2.57. The standard InChI is InChI=1S/C72H58N2O2/c1-69(2)43-72(7,44-17-16-18-45(37-44)73(46-30-35-67-57(38-46)55-21-10-14-25-65(55)75-67)48-27-32-53-51-19-8-12-23-59(51)70(3,4)62(53)40-48)61-34-29-50(42-64(61)69)74(47-31-36-68-58(39-47)56-22-11-15-26-66(56)76-68)49-28-33-54-52-20-9-13-24-60(52)71(5,6)63(54)41-49/h8-42H,43H2,1-7H3. The minimum Gasteiger partial charge on any atom is -0.456 e. The van der Waals surface area contributed by atoms with Crippen molar-refractivity contribution in [2.75, 3.05) is 9.80 Å². The van der Waals surface area contributed by atoms with Crippen LogP contribution in [0, 0.1) is 0 Å². The molecule has 76 heavy (non-hydrogen) atoms. The monoisotopic (exact) mass is 982 g/mol. The number of hydrogen-bond acceptors (Lipinski definition) is 4. The molecule has 4 nitrogen and oxygen atoms in total. The van der Waals surface area contributed by atoms with E-state index in [4.69, 9.17) is 8.83 Å². The molecule has 15 rings (SSSR count). The summed E-state index contributed by atoms with van der Waals surface area (Å²) >= 11 is 0. The van der Waals surface area contributed by atoms with Crippen LogP contribution < -0.4 is 9.80 Å². The maximum atomic E-state index is 6.39. The second kappa shape index (κ2) is 15.7. The van der Waals surface area contributed by atoms with Crippen molar-refractivity contribution in [1.29, 1.82) is 0 Å². The lowest BCUT2D eigenvalue weighted by Gasteiger charge is -2.32. The topological polar surface area (TPSA) is 32.8 Å². The molecular formula is C72H58N2O2. The van der Waals surface area contributed by atoms with Gasteiger partial charge >= 0.3 is 0 Å². The summed E-state index contributed by atoms with van der Waals surface area (Å²) in [6, 6.07) is 78.9. The van der Waals surface area contributed by atoms with Gasteiger partial charge in [-0.25, -0.2) is 0 Å². The molecular weight excluding hydrogens is 925 g/mol.